The van der Waals surface area contributed by atoms with Crippen LogP contribution in [0.25, 0.3) is 0 Å². The number of hydrogen-bond acceptors (Lipinski definition) is 3. The van der Waals surface area contributed by atoms with Crippen molar-refractivity contribution >= 4 is 34.1 Å². The number of nitrogens with zero attached hydrogens (tertiary/aromatic N) is 2. The van der Waals surface area contributed by atoms with Crippen molar-refractivity contribution in [3.63, 3.8) is 0 Å². The largest absolute Gasteiger partial charge is 0.372 e. The summed E-state index contributed by atoms with van der Waals surface area (Å²) in [5.41, 5.74) is 14.1. The van der Waals surface area contributed by atoms with Gasteiger partial charge in [-0.3, -0.25) is 0 Å². The van der Waals surface area contributed by atoms with Crippen molar-refractivity contribution in [2.24, 2.45) is 0 Å². The summed E-state index contributed by atoms with van der Waals surface area (Å²) < 4.78 is 6.17. The van der Waals surface area contributed by atoms with Gasteiger partial charge < -0.3 is 14.5 Å². The van der Waals surface area contributed by atoms with Crippen molar-refractivity contribution < 1.29 is 4.74 Å². The van der Waals surface area contributed by atoms with E-state index in [0.29, 0.717) is 13.2 Å². The molecule has 3 heteroatoms. The van der Waals surface area contributed by atoms with E-state index in [-0.39, 0.29) is 0 Å². The van der Waals surface area contributed by atoms with Gasteiger partial charge >= 0.3 is 0 Å². The molecule has 0 aliphatic heterocycles. The average Bonchev–Trinajstić information content (AvgIpc) is 3.06. The molecule has 0 unspecified atom stereocenters. The number of hydrogen-bond donors (Lipinski definition) is 0. The van der Waals surface area contributed by atoms with Crippen molar-refractivity contribution in [3.05, 3.63) is 179 Å². The molecule has 0 fully saturated rings. The Hall–Kier alpha value is -5.12. The van der Waals surface area contributed by atoms with Gasteiger partial charge in [0.15, 0.2) is 0 Å². The van der Waals surface area contributed by atoms with Crippen molar-refractivity contribution in [2.75, 3.05) is 9.80 Å². The maximum atomic E-state index is 6.17. The molecule has 0 aromatic heterocycles. The normalized spacial score (nSPS) is 10.9. The summed E-state index contributed by atoms with van der Waals surface area (Å²) in [6.07, 6.45) is 0. The lowest BCUT2D eigenvalue weighted by Crippen LogP contribution is -2.10. The first-order chi connectivity index (χ1) is 21.9. The lowest BCUT2D eigenvalue weighted by Gasteiger charge is -2.26. The fourth-order valence-electron chi connectivity index (χ4n) is 5.44. The number of rotatable bonds is 10. The lowest BCUT2D eigenvalue weighted by atomic mass is 10.1. The van der Waals surface area contributed by atoms with Gasteiger partial charge in [-0.2, -0.15) is 0 Å². The third-order valence-corrected chi connectivity index (χ3v) is 8.10. The third kappa shape index (κ3) is 7.34. The molecule has 3 nitrogen and oxygen atoms in total. The summed E-state index contributed by atoms with van der Waals surface area (Å²) in [6.45, 7) is 9.58. The van der Waals surface area contributed by atoms with Gasteiger partial charge in [0.2, 0.25) is 0 Å². The van der Waals surface area contributed by atoms with Crippen LogP contribution in [0.2, 0.25) is 0 Å². The minimum atomic E-state index is 0.552. The highest BCUT2D eigenvalue weighted by Gasteiger charge is 2.14. The topological polar surface area (TPSA) is 15.7 Å². The first kappa shape index (κ1) is 29.9. The minimum Gasteiger partial charge on any atom is -0.372 e. The van der Waals surface area contributed by atoms with Gasteiger partial charge in [0.1, 0.15) is 0 Å². The summed E-state index contributed by atoms with van der Waals surface area (Å²) in [4.78, 5) is 4.59. The molecule has 0 radical (unpaired) electrons. The molecule has 6 aromatic carbocycles. The zero-order valence-electron chi connectivity index (χ0n) is 26.6. The Labute approximate surface area is 268 Å². The number of anilines is 6. The minimum absolute atomic E-state index is 0.552. The van der Waals surface area contributed by atoms with Gasteiger partial charge in [0, 0.05) is 34.1 Å². The van der Waals surface area contributed by atoms with E-state index in [0.717, 1.165) is 45.3 Å². The first-order valence-electron chi connectivity index (χ1n) is 15.6. The van der Waals surface area contributed by atoms with Crippen LogP contribution in [0.5, 0.6) is 0 Å². The number of aryl methyl sites for hydroxylation is 4. The first-order valence-corrected chi connectivity index (χ1v) is 15.6. The number of ether oxygens (including phenoxy) is 1. The molecule has 0 saturated carbocycles. The molecule has 0 amide bonds. The molecular weight excluding hydrogens is 548 g/mol. The Morgan fingerprint density at radius 1 is 0.311 bits per heavy atom. The molecule has 0 N–H and O–H groups in total. The molecule has 6 rings (SSSR count). The summed E-state index contributed by atoms with van der Waals surface area (Å²) in [5.74, 6) is 0. The third-order valence-electron chi connectivity index (χ3n) is 8.10. The highest BCUT2D eigenvalue weighted by Crippen LogP contribution is 2.36. The van der Waals surface area contributed by atoms with Gasteiger partial charge in [-0.05, 0) is 112 Å². The number of benzene rings is 6. The van der Waals surface area contributed by atoms with E-state index in [1.165, 1.54) is 22.3 Å². The molecule has 0 heterocycles. The second-order valence-electron chi connectivity index (χ2n) is 11.8. The van der Waals surface area contributed by atoms with E-state index in [1.54, 1.807) is 0 Å². The van der Waals surface area contributed by atoms with Crippen LogP contribution >= 0.6 is 0 Å². The molecule has 45 heavy (non-hydrogen) atoms. The van der Waals surface area contributed by atoms with Crippen LogP contribution in [0.4, 0.5) is 34.1 Å². The van der Waals surface area contributed by atoms with Crippen molar-refractivity contribution in [1.29, 1.82) is 0 Å². The summed E-state index contributed by atoms with van der Waals surface area (Å²) in [6, 6.07) is 52.1. The molecular formula is C42H40N2O. The Bertz CT molecular complexity index is 1580. The van der Waals surface area contributed by atoms with Crippen LogP contribution in [-0.4, -0.2) is 0 Å². The fraction of sp³-hybridized carbons (Fsp3) is 0.143. The second-order valence-corrected chi connectivity index (χ2v) is 11.8. The maximum Gasteiger partial charge on any atom is 0.0721 e. The average molecular weight is 589 g/mol. The maximum absolute atomic E-state index is 6.17. The monoisotopic (exact) mass is 588 g/mol. The van der Waals surface area contributed by atoms with E-state index in [2.05, 4.69) is 183 Å². The van der Waals surface area contributed by atoms with E-state index in [4.69, 9.17) is 4.74 Å². The van der Waals surface area contributed by atoms with Crippen LogP contribution < -0.4 is 9.80 Å². The molecule has 0 bridgehead atoms. The van der Waals surface area contributed by atoms with Gasteiger partial charge in [-0.25, -0.2) is 0 Å². The predicted molar refractivity (Wildman–Crippen MR) is 190 cm³/mol. The molecule has 0 spiro atoms. The van der Waals surface area contributed by atoms with Gasteiger partial charge in [0.05, 0.1) is 13.2 Å². The fourth-order valence-corrected chi connectivity index (χ4v) is 5.44. The highest BCUT2D eigenvalue weighted by molar-refractivity contribution is 5.78. The van der Waals surface area contributed by atoms with E-state index in [9.17, 15) is 0 Å². The quantitative estimate of drug-likeness (QED) is 0.158. The SMILES string of the molecule is Cc1ccc(N(c2ccc(C)cc2)c2ccc(COCc3ccc(N(c4ccc(C)cc4)c4ccc(C)cc4)cc3)cc2)cc1. The van der Waals surface area contributed by atoms with Crippen LogP contribution in [0, 0.1) is 27.7 Å². The molecule has 0 aliphatic rings. The van der Waals surface area contributed by atoms with Crippen molar-refractivity contribution in [2.45, 2.75) is 40.9 Å². The lowest BCUT2D eigenvalue weighted by molar-refractivity contribution is 0.107. The smallest absolute Gasteiger partial charge is 0.0721 e. The molecule has 6 aromatic rings. The van der Waals surface area contributed by atoms with Gasteiger partial charge in [0.25, 0.3) is 0 Å². The molecule has 0 aliphatic carbocycles. The zero-order valence-corrected chi connectivity index (χ0v) is 26.6. The van der Waals surface area contributed by atoms with Crippen LogP contribution in [0.1, 0.15) is 33.4 Å². The van der Waals surface area contributed by atoms with E-state index >= 15 is 0 Å². The molecule has 224 valence electrons. The zero-order chi connectivity index (χ0) is 31.2. The van der Waals surface area contributed by atoms with E-state index < -0.39 is 0 Å². The molecule has 0 atom stereocenters. The van der Waals surface area contributed by atoms with E-state index in [1.807, 2.05) is 0 Å². The Balaban J connectivity index is 1.13. The Morgan fingerprint density at radius 2 is 0.511 bits per heavy atom. The second kappa shape index (κ2) is 13.7. The summed E-state index contributed by atoms with van der Waals surface area (Å²) >= 11 is 0. The van der Waals surface area contributed by atoms with Crippen LogP contribution in [0.15, 0.2) is 146 Å². The van der Waals surface area contributed by atoms with Crippen molar-refractivity contribution in [1.82, 2.24) is 0 Å². The molecule has 0 saturated heterocycles. The predicted octanol–water partition coefficient (Wildman–Crippen LogP) is 11.6. The summed E-state index contributed by atoms with van der Waals surface area (Å²) in [5, 5.41) is 0. The summed E-state index contributed by atoms with van der Waals surface area (Å²) in [7, 11) is 0. The highest BCUT2D eigenvalue weighted by atomic mass is 16.5. The standard InChI is InChI=1S/C42H40N2O/c1-31-5-17-37(18-6-31)43(38-19-7-32(2)8-20-38)41-25-13-35(14-26-41)29-45-30-36-15-27-42(28-16-36)44(39-21-9-33(3)10-22-39)40-23-11-34(4)12-24-40/h5-28H,29-30H2,1-4H3. The Kier molecular flexibility index (Phi) is 9.09. The van der Waals surface area contributed by atoms with Gasteiger partial charge in [-0.1, -0.05) is 95.1 Å². The van der Waals surface area contributed by atoms with Gasteiger partial charge in [-0.15, -0.1) is 0 Å². The van der Waals surface area contributed by atoms with Crippen molar-refractivity contribution in [3.8, 4) is 0 Å². The van der Waals surface area contributed by atoms with Crippen LogP contribution in [-0.2, 0) is 18.0 Å². The Morgan fingerprint density at radius 3 is 0.733 bits per heavy atom. The van der Waals surface area contributed by atoms with Crippen LogP contribution in [0.3, 0.4) is 0 Å².